The second-order valence-electron chi connectivity index (χ2n) is 8.62. The van der Waals surface area contributed by atoms with E-state index < -0.39 is 0 Å². The second-order valence-corrected chi connectivity index (χ2v) is 8.62. The summed E-state index contributed by atoms with van der Waals surface area (Å²) in [4.78, 5) is 28.2. The summed E-state index contributed by atoms with van der Waals surface area (Å²) < 4.78 is 0. The van der Waals surface area contributed by atoms with E-state index in [1.165, 1.54) is 0 Å². The Morgan fingerprint density at radius 1 is 1.23 bits per heavy atom. The number of nitrogens with two attached hydrogens (primary N) is 1. The molecule has 2 heterocycles. The van der Waals surface area contributed by atoms with Crippen LogP contribution >= 0.6 is 0 Å². The largest absolute Gasteiger partial charge is 0.369 e. The number of anilines is 3. The molecule has 0 aliphatic carbocycles. The maximum absolute atomic E-state index is 12.8. The maximum atomic E-state index is 12.8. The lowest BCUT2D eigenvalue weighted by atomic mass is 9.96. The summed E-state index contributed by atoms with van der Waals surface area (Å²) in [5.41, 5.74) is 6.01. The molecule has 30 heavy (non-hydrogen) atoms. The van der Waals surface area contributed by atoms with Crippen molar-refractivity contribution < 1.29 is 4.79 Å². The molecule has 8 nitrogen and oxygen atoms in total. The van der Waals surface area contributed by atoms with Gasteiger partial charge in [-0.1, -0.05) is 0 Å². The number of aromatic nitrogens is 2. The Morgan fingerprint density at radius 2 is 1.90 bits per heavy atom. The number of carbonyl (C=O) groups excluding carboxylic acids is 1. The van der Waals surface area contributed by atoms with Crippen LogP contribution in [-0.2, 0) is 4.79 Å². The number of nitrogen functional groups attached to an aromatic ring is 1. The summed E-state index contributed by atoms with van der Waals surface area (Å²) in [5.74, 6) is 2.05. The van der Waals surface area contributed by atoms with Crippen LogP contribution in [0.3, 0.4) is 0 Å². The van der Waals surface area contributed by atoms with E-state index in [0.29, 0.717) is 18.6 Å². The fourth-order valence-corrected chi connectivity index (χ4v) is 4.31. The predicted molar refractivity (Wildman–Crippen MR) is 125 cm³/mol. The Bertz CT molecular complexity index is 667. The molecule has 1 atom stereocenters. The highest BCUT2D eigenvalue weighted by Crippen LogP contribution is 2.25. The van der Waals surface area contributed by atoms with Crippen molar-refractivity contribution in [1.29, 1.82) is 0 Å². The first-order valence-corrected chi connectivity index (χ1v) is 11.4. The van der Waals surface area contributed by atoms with Crippen LogP contribution in [0.15, 0.2) is 6.07 Å². The van der Waals surface area contributed by atoms with Gasteiger partial charge in [0, 0.05) is 57.4 Å². The smallest absolute Gasteiger partial charge is 0.227 e. The molecule has 1 saturated heterocycles. The molecule has 0 radical (unpaired) electrons. The van der Waals surface area contributed by atoms with Gasteiger partial charge in [-0.15, -0.1) is 0 Å². The Kier molecular flexibility index (Phi) is 9.14. The lowest BCUT2D eigenvalue weighted by molar-refractivity contribution is -0.135. The first-order valence-electron chi connectivity index (χ1n) is 11.4. The van der Waals surface area contributed by atoms with Crippen LogP contribution in [0.4, 0.5) is 17.6 Å². The molecule has 0 saturated carbocycles. The van der Waals surface area contributed by atoms with Crippen LogP contribution in [0.5, 0.6) is 0 Å². The fraction of sp³-hybridized carbons (Fsp3) is 0.773. The monoisotopic (exact) mass is 419 g/mol. The van der Waals surface area contributed by atoms with Gasteiger partial charge in [-0.25, -0.2) is 0 Å². The summed E-state index contributed by atoms with van der Waals surface area (Å²) in [6.45, 7) is 17.7. The molecule has 1 fully saturated rings. The van der Waals surface area contributed by atoms with E-state index in [1.54, 1.807) is 0 Å². The van der Waals surface area contributed by atoms with Crippen molar-refractivity contribution in [3.8, 4) is 0 Å². The van der Waals surface area contributed by atoms with Crippen LogP contribution < -0.4 is 16.0 Å². The number of hydrogen-bond donors (Lipinski definition) is 2. The third kappa shape index (κ3) is 6.45. The summed E-state index contributed by atoms with van der Waals surface area (Å²) >= 11 is 0. The number of carbonyl (C=O) groups is 1. The zero-order valence-electron chi connectivity index (χ0n) is 19.7. The van der Waals surface area contributed by atoms with Crippen molar-refractivity contribution in [2.24, 2.45) is 5.92 Å². The van der Waals surface area contributed by atoms with Crippen molar-refractivity contribution in [3.05, 3.63) is 6.07 Å². The van der Waals surface area contributed by atoms with Gasteiger partial charge < -0.3 is 20.9 Å². The lowest BCUT2D eigenvalue weighted by Gasteiger charge is -2.35. The van der Waals surface area contributed by atoms with Gasteiger partial charge >= 0.3 is 0 Å². The van der Waals surface area contributed by atoms with Crippen molar-refractivity contribution >= 4 is 23.5 Å². The molecule has 3 N–H and O–H groups in total. The quantitative estimate of drug-likeness (QED) is 0.602. The molecule has 0 bridgehead atoms. The van der Waals surface area contributed by atoms with Crippen molar-refractivity contribution in [1.82, 2.24) is 19.8 Å². The maximum Gasteiger partial charge on any atom is 0.227 e. The minimum Gasteiger partial charge on any atom is -0.369 e. The zero-order chi connectivity index (χ0) is 22.3. The van der Waals surface area contributed by atoms with E-state index in [4.69, 9.17) is 5.73 Å². The fourth-order valence-electron chi connectivity index (χ4n) is 4.31. The van der Waals surface area contributed by atoms with Gasteiger partial charge in [0.2, 0.25) is 11.9 Å². The standard InChI is InChI=1S/C22H41N7O/c1-7-27(8-2)21(30)18-10-9-12-28(15-18)20-14-19(25-22(23)26-20)24-11-13-29(16(3)4)17(5)6/h14,16-18H,7-13,15H2,1-6H3,(H3,23,24,25,26). The van der Waals surface area contributed by atoms with Crippen LogP contribution in [-0.4, -0.2) is 77.0 Å². The Hall–Kier alpha value is -2.09. The van der Waals surface area contributed by atoms with Crippen LogP contribution in [0.1, 0.15) is 54.4 Å². The molecule has 1 aromatic heterocycles. The Balaban J connectivity index is 2.04. The Labute approximate surface area is 182 Å². The summed E-state index contributed by atoms with van der Waals surface area (Å²) in [7, 11) is 0. The topological polar surface area (TPSA) is 90.6 Å². The number of piperidine rings is 1. The van der Waals surface area contributed by atoms with Crippen molar-refractivity contribution in [2.45, 2.75) is 66.5 Å². The van der Waals surface area contributed by atoms with Crippen molar-refractivity contribution in [3.63, 3.8) is 0 Å². The number of nitrogens with one attached hydrogen (secondary N) is 1. The van der Waals surface area contributed by atoms with E-state index in [9.17, 15) is 4.79 Å². The average Bonchev–Trinajstić information content (AvgIpc) is 2.71. The van der Waals surface area contributed by atoms with Crippen LogP contribution in [0, 0.1) is 5.92 Å². The van der Waals surface area contributed by atoms with Gasteiger partial charge in [0.1, 0.15) is 11.6 Å². The highest BCUT2D eigenvalue weighted by Gasteiger charge is 2.29. The van der Waals surface area contributed by atoms with E-state index >= 15 is 0 Å². The molecule has 170 valence electrons. The first kappa shape index (κ1) is 24.2. The van der Waals surface area contributed by atoms with E-state index in [2.05, 4.69) is 52.8 Å². The molecular formula is C22H41N7O. The van der Waals surface area contributed by atoms with Gasteiger partial charge in [0.25, 0.3) is 0 Å². The minimum absolute atomic E-state index is 0.0110. The first-order chi connectivity index (χ1) is 14.3. The van der Waals surface area contributed by atoms with Gasteiger partial charge in [0.05, 0.1) is 5.92 Å². The molecule has 1 unspecified atom stereocenters. The lowest BCUT2D eigenvalue weighted by Crippen LogP contribution is -2.45. The molecular weight excluding hydrogens is 378 g/mol. The molecule has 8 heteroatoms. The SMILES string of the molecule is CCN(CC)C(=O)C1CCCN(c2cc(NCCN(C(C)C)C(C)C)nc(N)n2)C1. The minimum atomic E-state index is 0.0110. The highest BCUT2D eigenvalue weighted by atomic mass is 16.2. The zero-order valence-corrected chi connectivity index (χ0v) is 19.7. The predicted octanol–water partition coefficient (Wildman–Crippen LogP) is 2.67. The number of amides is 1. The highest BCUT2D eigenvalue weighted by molar-refractivity contribution is 5.79. The third-order valence-corrected chi connectivity index (χ3v) is 5.90. The third-order valence-electron chi connectivity index (χ3n) is 5.90. The summed E-state index contributed by atoms with van der Waals surface area (Å²) in [5, 5.41) is 3.40. The normalized spacial score (nSPS) is 17.1. The molecule has 0 aromatic carbocycles. The van der Waals surface area contributed by atoms with Crippen LogP contribution in [0.25, 0.3) is 0 Å². The molecule has 1 aromatic rings. The molecule has 1 amide bonds. The Morgan fingerprint density at radius 3 is 2.50 bits per heavy atom. The summed E-state index contributed by atoms with van der Waals surface area (Å²) in [6, 6.07) is 2.94. The van der Waals surface area contributed by atoms with Gasteiger partial charge in [-0.05, 0) is 54.4 Å². The molecule has 2 rings (SSSR count). The number of rotatable bonds is 10. The van der Waals surface area contributed by atoms with Gasteiger partial charge in [0.15, 0.2) is 0 Å². The van der Waals surface area contributed by atoms with Crippen molar-refractivity contribution in [2.75, 3.05) is 55.2 Å². The van der Waals surface area contributed by atoms with Gasteiger partial charge in [-0.2, -0.15) is 9.97 Å². The van der Waals surface area contributed by atoms with E-state index in [0.717, 1.165) is 57.2 Å². The second kappa shape index (κ2) is 11.3. The van der Waals surface area contributed by atoms with Crippen LogP contribution in [0.2, 0.25) is 0 Å². The summed E-state index contributed by atoms with van der Waals surface area (Å²) in [6.07, 6.45) is 1.90. The van der Waals surface area contributed by atoms with E-state index in [-0.39, 0.29) is 17.8 Å². The number of nitrogens with zero attached hydrogens (tertiary/aromatic N) is 5. The van der Waals surface area contributed by atoms with Gasteiger partial charge in [-0.3, -0.25) is 9.69 Å². The average molecular weight is 420 g/mol. The number of hydrogen-bond acceptors (Lipinski definition) is 7. The molecule has 1 aliphatic heterocycles. The van der Waals surface area contributed by atoms with E-state index in [1.807, 2.05) is 24.8 Å². The molecule has 1 aliphatic rings. The molecule has 0 spiro atoms.